The fraction of sp³-hybridized carbons (Fsp3) is 0.641. The Morgan fingerprint density at radius 2 is 0.610 bits per heavy atom. The summed E-state index contributed by atoms with van der Waals surface area (Å²) in [6.07, 6.45) is -60.9. The Morgan fingerprint density at radius 3 is 0.915 bits per heavy atom. The topological polar surface area (TPSA) is 621 Å². The Kier molecular flexibility index (Phi) is 43.7. The molecule has 16 atom stereocenters. The number of nitrogens with zero attached hydrogens (tertiary/aromatic N) is 8. The molecule has 8 N–H and O–H groups in total. The molecule has 0 unspecified atom stereocenters. The first-order chi connectivity index (χ1) is 67.5. The number of carbonyl (C=O) groups is 12. The van der Waals surface area contributed by atoms with E-state index in [2.05, 4.69) is 34.1 Å². The number of ether oxygens (including phenoxy) is 16. The smallest absolute Gasteiger partial charge is 0.463 e. The van der Waals surface area contributed by atoms with Gasteiger partial charge in [-0.3, -0.25) is 109 Å². The summed E-state index contributed by atoms with van der Waals surface area (Å²) in [4.78, 5) is 207. The van der Waals surface area contributed by atoms with Crippen LogP contribution in [0.3, 0.4) is 0 Å². The number of carbonyl (C=O) groups excluding carboxylic acids is 12. The van der Waals surface area contributed by atoms with Crippen LogP contribution in [0.2, 0.25) is 0 Å². The lowest BCUT2D eigenvalue weighted by Crippen LogP contribution is -2.46. The van der Waals surface area contributed by atoms with Crippen LogP contribution in [0.25, 0.3) is 0 Å². The molecule has 0 aliphatic carbocycles. The molecule has 0 radical (unpaired) electrons. The molecule has 0 spiro atoms. The molecule has 790 valence electrons. The number of halogens is 15. The van der Waals surface area contributed by atoms with Gasteiger partial charge in [0.1, 0.15) is 57.3 Å². The van der Waals surface area contributed by atoms with Crippen LogP contribution in [0.15, 0.2) is 68.2 Å². The van der Waals surface area contributed by atoms with Crippen LogP contribution < -0.4 is 44.7 Å². The van der Waals surface area contributed by atoms with Crippen molar-refractivity contribution in [3.8, 4) is 0 Å². The van der Waals surface area contributed by atoms with Crippen molar-refractivity contribution in [3.05, 3.63) is 91.0 Å². The maximum absolute atomic E-state index is 12.8. The maximum Gasteiger partial charge on any atom is 0.490 e. The van der Waals surface area contributed by atoms with Crippen molar-refractivity contribution in [2.24, 2.45) is 0 Å². The Balaban J connectivity index is 0.000000341. The van der Waals surface area contributed by atoms with Gasteiger partial charge in [0.05, 0.1) is 18.3 Å². The fourth-order valence-corrected chi connectivity index (χ4v) is 11.8. The van der Waals surface area contributed by atoms with Crippen LogP contribution in [0.4, 0.5) is 89.1 Å². The Labute approximate surface area is 789 Å². The Bertz CT molecular complexity index is 5360. The van der Waals surface area contributed by atoms with Gasteiger partial charge < -0.3 is 75.8 Å². The highest BCUT2D eigenvalue weighted by molar-refractivity contribution is 5.78. The van der Waals surface area contributed by atoms with E-state index in [9.17, 15) is 143 Å². The summed E-state index contributed by atoms with van der Waals surface area (Å²) in [6, 6.07) is 3.92. The number of aromatic nitrogens is 8. The number of nitrogens with one attached hydrogen (secondary N) is 4. The molecule has 0 aromatic carbocycles. The van der Waals surface area contributed by atoms with Crippen molar-refractivity contribution in [1.29, 1.82) is 0 Å². The predicted octanol–water partition coefficient (Wildman–Crippen LogP) is 7.21. The molecule has 141 heavy (non-hydrogen) atoms. The quantitative estimate of drug-likeness (QED) is 0.00940. The summed E-state index contributed by atoms with van der Waals surface area (Å²) in [5, 5.41) is 35.7. The average molecular weight is 2070 g/mol. The van der Waals surface area contributed by atoms with Crippen molar-refractivity contribution in [1.82, 2.24) is 38.2 Å². The number of rotatable bonds is 42. The SMILES string of the molecule is [2H][C@@]1(n2ccc(NO)nc2=O)O[C@H](COC(=O)CC)[C@@H](OC(=O)CC)[C@H]1OC(=O)CC(F)(F)F.[2H][C@@]1(n2ccc(NO)nc2=O)O[C@H](COC(=O)CCC)[C@@H](OC(=O)CCC)[C@H]1OC(=O)CCC(F)(F)F.[2H][C@@]1(n2ccc(NO)nc2=O)O[C@H](COC(=O)CCCC)[C@@H](OC(=O)CCCC)[C@H]1OC(=O)CCCC(F)(F)F.[2H][C@@]1(n2ccc(NO)nc2=O)O[C@H](COC(C)=O)[C@@H](OC(=O)C(F)(F)F)[C@H]1OC(=O)C(F)(F)F. The van der Waals surface area contributed by atoms with E-state index in [1.807, 2.05) is 13.8 Å². The Morgan fingerprint density at radius 1 is 0.340 bits per heavy atom. The average Bonchev–Trinajstić information content (AvgIpc) is 1.61. The van der Waals surface area contributed by atoms with E-state index in [1.54, 1.807) is 30.3 Å². The molecule has 0 amide bonds. The highest BCUT2D eigenvalue weighted by Crippen LogP contribution is 2.41. The first-order valence-electron chi connectivity index (χ1n) is 43.8. The largest absolute Gasteiger partial charge is 0.490 e. The number of alkyl halides is 15. The molecule has 0 saturated carbocycles. The van der Waals surface area contributed by atoms with Crippen LogP contribution in [0.1, 0.15) is 194 Å². The third kappa shape index (κ3) is 38.5. The number of unbranched alkanes of at least 4 members (excludes halogenated alkanes) is 2. The molecule has 8 heterocycles. The summed E-state index contributed by atoms with van der Waals surface area (Å²) in [5.41, 5.74) is 1.22. The van der Waals surface area contributed by atoms with Crippen LogP contribution in [-0.2, 0) is 133 Å². The van der Waals surface area contributed by atoms with Gasteiger partial charge in [0.2, 0.25) is 0 Å². The minimum absolute atomic E-state index is 0.0356. The van der Waals surface area contributed by atoms with Crippen LogP contribution in [-0.4, -0.2) is 261 Å². The van der Waals surface area contributed by atoms with E-state index in [4.69, 9.17) is 87.9 Å². The fourth-order valence-electron chi connectivity index (χ4n) is 11.8. The Hall–Kier alpha value is -13.0. The number of anilines is 4. The van der Waals surface area contributed by atoms with Gasteiger partial charge in [0.15, 0.2) is 96.9 Å². The zero-order valence-electron chi connectivity index (χ0n) is 78.7. The standard InChI is InChI=1S/C24H34F3N3O9.C21H28F3N3O9.C18H22F3N3O9.C15H13F6N3O9/c1-3-5-8-17(31)36-14-15-20(38-18(32)9-6-4-2)21(39-19(33)10-7-12-24(25,26)27)22(37-15)30-13-11-16(29-35)28-23(30)34;1-3-5-14(28)33-11-12-17(35-15(29)6-4-2)18(36-16(30)7-9-21(22,23)24)19(34-12)27-10-8-13(26-32)25-20(27)31;1-3-11(25)30-8-9-14(32-12(26)4-2)15(33-13(27)7-18(19,20)21)16(31-9)24-6-5-10(23-29)22-17(24)28;1-5(25)30-4-6-8(32-11(26)14(16,17)18)9(33-12(27)15(19,20)21)10(31-6)24-3-2-7(23-29)22-13(24)28/h11,13,15,20-22,35H,3-10,12,14H2,1-2H3,(H,28,29,34);8,10,12,17-19,32H,3-7,9,11H2,1-2H3,(H,25,26,31);5-6,9,14-16,29H,3-4,7-8H2,1-2H3,(H,22,23,28);2-3,6,8-10,29H,4H2,1H3,(H,22,23,28)/t15-,20-,21-,22-;12-,17-,18-,19-;9-,14-,15-,16-;6-,8-,9-,10-/m1111/s1/i22D;19D;16D;10D. The summed E-state index contributed by atoms with van der Waals surface area (Å²) in [6.45, 7) is 7.93. The normalized spacial score (nSPS) is 24.4. The number of esters is 12. The van der Waals surface area contributed by atoms with Crippen molar-refractivity contribution < 1.29 is 225 Å². The monoisotopic (exact) mass is 2070 g/mol. The van der Waals surface area contributed by atoms with Gasteiger partial charge in [0, 0.05) is 83.1 Å². The summed E-state index contributed by atoms with van der Waals surface area (Å²) >= 11 is 0. The van der Waals surface area contributed by atoms with Gasteiger partial charge in [-0.05, 0) is 56.4 Å². The van der Waals surface area contributed by atoms with Crippen LogP contribution in [0.5, 0.6) is 0 Å². The van der Waals surface area contributed by atoms with E-state index in [0.29, 0.717) is 58.4 Å². The third-order valence-electron chi connectivity index (χ3n) is 18.3. The molecule has 4 aliphatic rings. The second-order valence-electron chi connectivity index (χ2n) is 29.2. The first-order valence-corrected chi connectivity index (χ1v) is 41.8. The second-order valence-corrected chi connectivity index (χ2v) is 29.2. The van der Waals surface area contributed by atoms with E-state index in [1.165, 1.54) is 19.3 Å². The summed E-state index contributed by atoms with van der Waals surface area (Å²) in [7, 11) is 0. The maximum atomic E-state index is 12.8. The molecule has 8 rings (SSSR count). The lowest BCUT2D eigenvalue weighted by atomic mass is 10.1. The molecule has 4 aromatic rings. The highest BCUT2D eigenvalue weighted by atomic mass is 19.4. The first kappa shape index (κ1) is 112. The number of hydrogen-bond donors (Lipinski definition) is 8. The molecule has 4 fully saturated rings. The second kappa shape index (κ2) is 55.3. The molecule has 4 aliphatic heterocycles. The lowest BCUT2D eigenvalue weighted by Gasteiger charge is -2.25. The highest BCUT2D eigenvalue weighted by Gasteiger charge is 2.59. The van der Waals surface area contributed by atoms with Crippen molar-refractivity contribution >= 4 is 94.9 Å². The number of hydrogen-bond acceptors (Lipinski definition) is 44. The van der Waals surface area contributed by atoms with Crippen molar-refractivity contribution in [2.75, 3.05) is 48.3 Å². The van der Waals surface area contributed by atoms with Crippen molar-refractivity contribution in [2.45, 2.75) is 293 Å². The lowest BCUT2D eigenvalue weighted by molar-refractivity contribution is -0.221. The third-order valence-corrected chi connectivity index (χ3v) is 18.3. The minimum atomic E-state index is -5.73. The zero-order chi connectivity index (χ0) is 109. The zero-order valence-corrected chi connectivity index (χ0v) is 74.7. The van der Waals surface area contributed by atoms with Gasteiger partial charge in [0.25, 0.3) is 0 Å². The van der Waals surface area contributed by atoms with E-state index >= 15 is 0 Å². The van der Waals surface area contributed by atoms with Gasteiger partial charge in [-0.25, -0.2) is 28.8 Å². The van der Waals surface area contributed by atoms with Gasteiger partial charge in [-0.1, -0.05) is 54.4 Å². The molecular weight excluding hydrogens is 1970 g/mol. The molecule has 63 heteroatoms. The van der Waals surface area contributed by atoms with E-state index in [0.717, 1.165) is 49.8 Å². The predicted molar refractivity (Wildman–Crippen MR) is 427 cm³/mol. The molecule has 48 nitrogen and oxygen atoms in total. The minimum Gasteiger partial charge on any atom is -0.463 e. The van der Waals surface area contributed by atoms with Crippen molar-refractivity contribution in [3.63, 3.8) is 0 Å². The molecule has 4 saturated heterocycles. The van der Waals surface area contributed by atoms with Crippen LogP contribution >= 0.6 is 0 Å². The van der Waals surface area contributed by atoms with Crippen LogP contribution in [0, 0.1) is 0 Å². The molecule has 4 aromatic heterocycles. The van der Waals surface area contributed by atoms with Gasteiger partial charge in [-0.15, -0.1) is 0 Å². The summed E-state index contributed by atoms with van der Waals surface area (Å²) in [5.74, 6) is -17.4. The van der Waals surface area contributed by atoms with E-state index in [-0.39, 0.29) is 60.5 Å². The summed E-state index contributed by atoms with van der Waals surface area (Å²) < 4.78 is 308. The van der Waals surface area contributed by atoms with Gasteiger partial charge in [-0.2, -0.15) is 85.8 Å². The van der Waals surface area contributed by atoms with E-state index < -0.39 is 294 Å². The van der Waals surface area contributed by atoms with Gasteiger partial charge >= 0.3 is 125 Å². The molecule has 0 bridgehead atoms. The molecular formula is C78H97F15N12O36.